The van der Waals surface area contributed by atoms with Crippen molar-refractivity contribution in [3.05, 3.63) is 87.2 Å². The summed E-state index contributed by atoms with van der Waals surface area (Å²) in [6.45, 7) is 3.70. The van der Waals surface area contributed by atoms with Gasteiger partial charge >= 0.3 is 5.69 Å². The van der Waals surface area contributed by atoms with Gasteiger partial charge in [-0.05, 0) is 43.7 Å². The number of amides is 1. The van der Waals surface area contributed by atoms with E-state index < -0.39 is 4.92 Å². The van der Waals surface area contributed by atoms with Gasteiger partial charge in [0.2, 0.25) is 0 Å². The molecule has 0 aliphatic heterocycles. The van der Waals surface area contributed by atoms with E-state index in [9.17, 15) is 14.9 Å². The molecule has 0 bridgehead atoms. The molecule has 8 nitrogen and oxygen atoms in total. The molecule has 3 rings (SSSR count). The number of hydrogen-bond acceptors (Lipinski definition) is 5. The number of hydrazine groups is 1. The number of nitro groups is 1. The Morgan fingerprint density at radius 2 is 1.79 bits per heavy atom. The number of anilines is 1. The lowest BCUT2D eigenvalue weighted by atomic mass is 10.1. The minimum Gasteiger partial charge on any atom is -0.288 e. The number of carbonyl (C=O) groups excluding carboxylic acids is 1. The molecule has 0 spiro atoms. The molecular formula is C20H21N5O3. The van der Waals surface area contributed by atoms with E-state index in [4.69, 9.17) is 0 Å². The van der Waals surface area contributed by atoms with Crippen molar-refractivity contribution in [3.8, 4) is 0 Å². The summed E-state index contributed by atoms with van der Waals surface area (Å²) in [5.41, 5.74) is 6.05. The van der Waals surface area contributed by atoms with E-state index in [0.29, 0.717) is 23.5 Å². The van der Waals surface area contributed by atoms with Crippen molar-refractivity contribution in [2.45, 2.75) is 20.4 Å². The molecule has 0 unspecified atom stereocenters. The van der Waals surface area contributed by atoms with Gasteiger partial charge in [0, 0.05) is 12.6 Å². The first-order chi connectivity index (χ1) is 13.4. The van der Waals surface area contributed by atoms with Crippen LogP contribution in [0.25, 0.3) is 0 Å². The Bertz CT molecular complexity index is 997. The van der Waals surface area contributed by atoms with Gasteiger partial charge in [0.15, 0.2) is 0 Å². The highest BCUT2D eigenvalue weighted by molar-refractivity contribution is 5.95. The number of rotatable bonds is 6. The third-order valence-corrected chi connectivity index (χ3v) is 4.49. The van der Waals surface area contributed by atoms with Crippen molar-refractivity contribution in [1.29, 1.82) is 0 Å². The van der Waals surface area contributed by atoms with Gasteiger partial charge in [0.1, 0.15) is 11.4 Å². The van der Waals surface area contributed by atoms with Gasteiger partial charge in [-0.15, -0.1) is 0 Å². The Labute approximate surface area is 162 Å². The molecule has 144 valence electrons. The maximum atomic E-state index is 12.4. The molecule has 1 heterocycles. The molecule has 0 aliphatic rings. The van der Waals surface area contributed by atoms with Crippen LogP contribution in [0.5, 0.6) is 0 Å². The van der Waals surface area contributed by atoms with Crippen LogP contribution in [0.15, 0.2) is 54.6 Å². The summed E-state index contributed by atoms with van der Waals surface area (Å²) >= 11 is 0. The average molecular weight is 379 g/mol. The normalized spacial score (nSPS) is 10.5. The second-order valence-corrected chi connectivity index (χ2v) is 6.47. The highest BCUT2D eigenvalue weighted by atomic mass is 16.6. The number of para-hydroxylation sites is 1. The second-order valence-electron chi connectivity index (χ2n) is 6.47. The summed E-state index contributed by atoms with van der Waals surface area (Å²) in [7, 11) is 1.78. The van der Waals surface area contributed by atoms with E-state index >= 15 is 0 Å². The van der Waals surface area contributed by atoms with Crippen molar-refractivity contribution in [2.24, 2.45) is 0 Å². The number of benzene rings is 2. The zero-order chi connectivity index (χ0) is 20.3. The molecule has 3 aromatic rings. The maximum absolute atomic E-state index is 12.4. The quantitative estimate of drug-likeness (QED) is 0.524. The van der Waals surface area contributed by atoms with Crippen molar-refractivity contribution >= 4 is 17.3 Å². The van der Waals surface area contributed by atoms with Gasteiger partial charge in [0.25, 0.3) is 5.91 Å². The van der Waals surface area contributed by atoms with Gasteiger partial charge in [0.05, 0.1) is 17.2 Å². The lowest BCUT2D eigenvalue weighted by Crippen LogP contribution is -2.39. The molecule has 1 amide bonds. The smallest absolute Gasteiger partial charge is 0.288 e. The van der Waals surface area contributed by atoms with Crippen molar-refractivity contribution in [1.82, 2.24) is 15.2 Å². The van der Waals surface area contributed by atoms with Crippen LogP contribution in [0.2, 0.25) is 0 Å². The summed E-state index contributed by atoms with van der Waals surface area (Å²) in [6, 6.07) is 16.6. The van der Waals surface area contributed by atoms with E-state index in [-0.39, 0.29) is 11.6 Å². The molecule has 0 atom stereocenters. The second kappa shape index (κ2) is 7.91. The highest BCUT2D eigenvalue weighted by Gasteiger charge is 2.21. The van der Waals surface area contributed by atoms with E-state index in [1.54, 1.807) is 42.7 Å². The average Bonchev–Trinajstić information content (AvgIpc) is 2.96. The van der Waals surface area contributed by atoms with Crippen molar-refractivity contribution < 1.29 is 9.72 Å². The maximum Gasteiger partial charge on any atom is 0.312 e. The largest absolute Gasteiger partial charge is 0.312 e. The Balaban J connectivity index is 1.69. The zero-order valence-electron chi connectivity index (χ0n) is 15.9. The van der Waals surface area contributed by atoms with Crippen LogP contribution in [-0.2, 0) is 6.54 Å². The molecule has 28 heavy (non-hydrogen) atoms. The fourth-order valence-electron chi connectivity index (χ4n) is 2.97. The predicted molar refractivity (Wildman–Crippen MR) is 106 cm³/mol. The number of hydrogen-bond donors (Lipinski definition) is 1. The summed E-state index contributed by atoms with van der Waals surface area (Å²) < 4.78 is 1.60. The van der Waals surface area contributed by atoms with Gasteiger partial charge in [-0.3, -0.25) is 30.0 Å². The number of nitrogens with zero attached hydrogens (tertiary/aromatic N) is 4. The number of aromatic nitrogens is 2. The molecule has 0 saturated carbocycles. The van der Waals surface area contributed by atoms with Gasteiger partial charge in [-0.1, -0.05) is 30.3 Å². The Kier molecular flexibility index (Phi) is 5.39. The Morgan fingerprint density at radius 3 is 2.36 bits per heavy atom. The van der Waals surface area contributed by atoms with Crippen LogP contribution in [0, 0.1) is 24.0 Å². The molecule has 0 saturated heterocycles. The summed E-state index contributed by atoms with van der Waals surface area (Å²) in [5, 5.41) is 17.0. The predicted octanol–water partition coefficient (Wildman–Crippen LogP) is 3.24. The van der Waals surface area contributed by atoms with E-state index in [1.165, 1.54) is 0 Å². The monoisotopic (exact) mass is 379 g/mol. The third-order valence-electron chi connectivity index (χ3n) is 4.49. The number of carbonyl (C=O) groups is 1. The van der Waals surface area contributed by atoms with Crippen LogP contribution in [0.4, 0.5) is 11.4 Å². The van der Waals surface area contributed by atoms with Gasteiger partial charge in [-0.2, -0.15) is 5.10 Å². The molecule has 1 N–H and O–H groups in total. The topological polar surface area (TPSA) is 93.3 Å². The molecule has 2 aromatic carbocycles. The Hall–Kier alpha value is -3.68. The lowest BCUT2D eigenvalue weighted by Gasteiger charge is -2.20. The minimum absolute atomic E-state index is 0.0416. The van der Waals surface area contributed by atoms with Crippen molar-refractivity contribution in [3.63, 3.8) is 0 Å². The van der Waals surface area contributed by atoms with Gasteiger partial charge < -0.3 is 0 Å². The SMILES string of the molecule is Cc1nn(Cc2ccc(C(=O)NN(C)c3ccccc3)cc2)c(C)c1[N+](=O)[O-]. The first-order valence-electron chi connectivity index (χ1n) is 8.74. The summed E-state index contributed by atoms with van der Waals surface area (Å²) in [5.74, 6) is -0.223. The summed E-state index contributed by atoms with van der Waals surface area (Å²) in [6.07, 6.45) is 0. The summed E-state index contributed by atoms with van der Waals surface area (Å²) in [4.78, 5) is 23.1. The van der Waals surface area contributed by atoms with E-state index in [0.717, 1.165) is 11.3 Å². The van der Waals surface area contributed by atoms with E-state index in [1.807, 2.05) is 42.5 Å². The molecule has 0 aliphatic carbocycles. The molecule has 1 aromatic heterocycles. The fourth-order valence-corrected chi connectivity index (χ4v) is 2.97. The molecular weight excluding hydrogens is 358 g/mol. The minimum atomic E-state index is -0.412. The molecule has 0 radical (unpaired) electrons. The van der Waals surface area contributed by atoms with Crippen molar-refractivity contribution in [2.75, 3.05) is 12.1 Å². The lowest BCUT2D eigenvalue weighted by molar-refractivity contribution is -0.386. The van der Waals surface area contributed by atoms with Crippen LogP contribution >= 0.6 is 0 Å². The van der Waals surface area contributed by atoms with Crippen LogP contribution in [0.3, 0.4) is 0 Å². The molecule has 8 heteroatoms. The third kappa shape index (κ3) is 4.01. The highest BCUT2D eigenvalue weighted by Crippen LogP contribution is 2.22. The van der Waals surface area contributed by atoms with Crippen LogP contribution in [0.1, 0.15) is 27.3 Å². The first kappa shape index (κ1) is 19.1. The Morgan fingerprint density at radius 1 is 1.14 bits per heavy atom. The molecule has 0 fully saturated rings. The number of nitrogens with one attached hydrogen (secondary N) is 1. The first-order valence-corrected chi connectivity index (χ1v) is 8.74. The standard InChI is InChI=1S/C20H21N5O3/c1-14-19(25(27)28)15(2)24(21-14)13-16-9-11-17(12-10-16)20(26)22-23(3)18-7-5-4-6-8-18/h4-12H,13H2,1-3H3,(H,22,26). The van der Waals surface area contributed by atoms with Crippen LogP contribution < -0.4 is 10.4 Å². The fraction of sp³-hybridized carbons (Fsp3) is 0.200. The van der Waals surface area contributed by atoms with Gasteiger partial charge in [-0.25, -0.2) is 0 Å². The van der Waals surface area contributed by atoms with E-state index in [2.05, 4.69) is 10.5 Å². The number of aryl methyl sites for hydroxylation is 1. The zero-order valence-corrected chi connectivity index (χ0v) is 15.9. The van der Waals surface area contributed by atoms with Crippen LogP contribution in [-0.4, -0.2) is 27.7 Å².